The minimum atomic E-state index is -0.496. The minimum absolute atomic E-state index is 0.0167. The largest absolute Gasteiger partial charge is 0.455 e. The normalized spacial score (nSPS) is 14.2. The van der Waals surface area contributed by atoms with E-state index in [1.807, 2.05) is 18.2 Å². The quantitative estimate of drug-likeness (QED) is 0.618. The highest BCUT2D eigenvalue weighted by molar-refractivity contribution is 5.85. The molecule has 3 rings (SSSR count). The van der Waals surface area contributed by atoms with Crippen LogP contribution in [-0.2, 0) is 20.7 Å². The lowest BCUT2D eigenvalue weighted by Gasteiger charge is -2.12. The molecule has 25 heavy (non-hydrogen) atoms. The summed E-state index contributed by atoms with van der Waals surface area (Å²) < 4.78 is 10.2. The van der Waals surface area contributed by atoms with E-state index in [2.05, 4.69) is 16.5 Å². The van der Waals surface area contributed by atoms with Gasteiger partial charge in [0, 0.05) is 11.9 Å². The van der Waals surface area contributed by atoms with Crippen molar-refractivity contribution in [3.63, 3.8) is 0 Å². The molecule has 0 unspecified atom stereocenters. The number of fused-ring (bicyclic) bond motifs is 1. The molecule has 0 atom stereocenters. The summed E-state index contributed by atoms with van der Waals surface area (Å²) in [6, 6.07) is 7.31. The molecule has 1 aliphatic rings. The Labute approximate surface area is 146 Å². The number of aromatic nitrogens is 1. The predicted molar refractivity (Wildman–Crippen MR) is 92.8 cm³/mol. The summed E-state index contributed by atoms with van der Waals surface area (Å²) in [6.45, 7) is 0.309. The molecule has 0 aliphatic heterocycles. The van der Waals surface area contributed by atoms with Crippen LogP contribution >= 0.6 is 0 Å². The van der Waals surface area contributed by atoms with E-state index in [0.717, 1.165) is 24.6 Å². The van der Waals surface area contributed by atoms with Gasteiger partial charge in [0.2, 0.25) is 0 Å². The Kier molecular flexibility index (Phi) is 5.82. The molecule has 6 nitrogen and oxygen atoms in total. The van der Waals surface area contributed by atoms with Crippen LogP contribution in [0.1, 0.15) is 37.8 Å². The van der Waals surface area contributed by atoms with E-state index in [-0.39, 0.29) is 18.9 Å². The van der Waals surface area contributed by atoms with Crippen LogP contribution in [-0.4, -0.2) is 30.2 Å². The fourth-order valence-corrected chi connectivity index (χ4v) is 2.94. The zero-order chi connectivity index (χ0) is 17.5. The molecule has 0 saturated carbocycles. The summed E-state index contributed by atoms with van der Waals surface area (Å²) in [5.41, 5.74) is 2.55. The second-order valence-corrected chi connectivity index (χ2v) is 6.17. The van der Waals surface area contributed by atoms with Crippen LogP contribution < -0.4 is 5.32 Å². The summed E-state index contributed by atoms with van der Waals surface area (Å²) in [7, 11) is 0. The van der Waals surface area contributed by atoms with Gasteiger partial charge in [-0.3, -0.25) is 9.59 Å². The summed E-state index contributed by atoms with van der Waals surface area (Å²) in [4.78, 5) is 23.6. The Hall–Kier alpha value is -2.63. The Morgan fingerprint density at radius 1 is 1.24 bits per heavy atom. The third-order valence-corrected chi connectivity index (χ3v) is 4.28. The van der Waals surface area contributed by atoms with Crippen molar-refractivity contribution in [3.05, 3.63) is 41.6 Å². The first kappa shape index (κ1) is 17.2. The smallest absolute Gasteiger partial charge is 0.312 e. The first-order chi connectivity index (χ1) is 12.2. The highest BCUT2D eigenvalue weighted by Crippen LogP contribution is 2.19. The number of rotatable bonds is 7. The van der Waals surface area contributed by atoms with Gasteiger partial charge in [-0.1, -0.05) is 28.9 Å². The standard InChI is InChI=1S/C19H22N2O4/c22-18(20-11-10-14-6-2-1-3-7-14)13-24-19(23)12-16-15-8-4-5-9-17(15)25-21-16/h4-6,8-9H,1-3,7,10-13H2,(H,20,22). The number of nitrogens with one attached hydrogen (secondary N) is 1. The first-order valence-electron chi connectivity index (χ1n) is 8.66. The molecule has 1 N–H and O–H groups in total. The molecular weight excluding hydrogens is 320 g/mol. The number of hydrogen-bond donors (Lipinski definition) is 1. The molecule has 0 bridgehead atoms. The van der Waals surface area contributed by atoms with Crippen molar-refractivity contribution < 1.29 is 18.8 Å². The number of hydrogen-bond acceptors (Lipinski definition) is 5. The van der Waals surface area contributed by atoms with Crippen molar-refractivity contribution in [3.8, 4) is 0 Å². The maximum absolute atomic E-state index is 11.9. The molecule has 1 heterocycles. The summed E-state index contributed by atoms with van der Waals surface area (Å²) >= 11 is 0. The van der Waals surface area contributed by atoms with Crippen LogP contribution in [0.2, 0.25) is 0 Å². The molecule has 1 aromatic heterocycles. The van der Waals surface area contributed by atoms with Gasteiger partial charge in [0.05, 0.1) is 6.42 Å². The molecular formula is C19H22N2O4. The molecule has 1 amide bonds. The van der Waals surface area contributed by atoms with E-state index in [9.17, 15) is 9.59 Å². The minimum Gasteiger partial charge on any atom is -0.455 e. The number of para-hydroxylation sites is 1. The molecule has 1 aromatic carbocycles. The van der Waals surface area contributed by atoms with E-state index in [0.29, 0.717) is 17.8 Å². The average Bonchev–Trinajstić information content (AvgIpc) is 3.04. The van der Waals surface area contributed by atoms with E-state index >= 15 is 0 Å². The Bertz CT molecular complexity index is 779. The van der Waals surface area contributed by atoms with Crippen LogP contribution in [0, 0.1) is 0 Å². The van der Waals surface area contributed by atoms with E-state index in [1.54, 1.807) is 6.07 Å². The number of benzene rings is 1. The van der Waals surface area contributed by atoms with Crippen molar-refractivity contribution in [2.45, 2.75) is 38.5 Å². The topological polar surface area (TPSA) is 81.4 Å². The lowest BCUT2D eigenvalue weighted by molar-refractivity contribution is -0.147. The van der Waals surface area contributed by atoms with Gasteiger partial charge in [-0.05, 0) is 44.2 Å². The predicted octanol–water partition coefficient (Wildman–Crippen LogP) is 2.92. The third kappa shape index (κ3) is 4.92. The van der Waals surface area contributed by atoms with E-state index in [4.69, 9.17) is 9.26 Å². The van der Waals surface area contributed by atoms with Gasteiger partial charge >= 0.3 is 5.97 Å². The third-order valence-electron chi connectivity index (χ3n) is 4.28. The number of allylic oxidation sites excluding steroid dienone is 1. The number of esters is 1. The van der Waals surface area contributed by atoms with Crippen molar-refractivity contribution in [2.24, 2.45) is 0 Å². The van der Waals surface area contributed by atoms with Crippen LogP contribution in [0.15, 0.2) is 40.4 Å². The zero-order valence-electron chi connectivity index (χ0n) is 14.1. The molecule has 2 aromatic rings. The molecule has 1 aliphatic carbocycles. The molecule has 0 saturated heterocycles. The second kappa shape index (κ2) is 8.46. The average molecular weight is 342 g/mol. The van der Waals surface area contributed by atoms with Gasteiger partial charge in [0.1, 0.15) is 5.69 Å². The van der Waals surface area contributed by atoms with Crippen LogP contribution in [0.5, 0.6) is 0 Å². The van der Waals surface area contributed by atoms with E-state index in [1.165, 1.54) is 18.4 Å². The van der Waals surface area contributed by atoms with Crippen molar-refractivity contribution >= 4 is 22.8 Å². The molecule has 6 heteroatoms. The van der Waals surface area contributed by atoms with Gasteiger partial charge in [0.25, 0.3) is 5.91 Å². The fourth-order valence-electron chi connectivity index (χ4n) is 2.94. The number of carbonyl (C=O) groups is 2. The fraction of sp³-hybridized carbons (Fsp3) is 0.421. The Morgan fingerprint density at radius 2 is 2.12 bits per heavy atom. The van der Waals surface area contributed by atoms with Crippen molar-refractivity contribution in [2.75, 3.05) is 13.2 Å². The van der Waals surface area contributed by atoms with Gasteiger partial charge < -0.3 is 14.6 Å². The number of ether oxygens (including phenoxy) is 1. The van der Waals surface area contributed by atoms with Crippen LogP contribution in [0.4, 0.5) is 0 Å². The monoisotopic (exact) mass is 342 g/mol. The Morgan fingerprint density at radius 3 is 2.96 bits per heavy atom. The summed E-state index contributed by atoms with van der Waals surface area (Å²) in [6.07, 6.45) is 7.86. The Balaban J connectivity index is 1.38. The molecule has 0 radical (unpaired) electrons. The lowest BCUT2D eigenvalue weighted by Crippen LogP contribution is -2.30. The van der Waals surface area contributed by atoms with Gasteiger partial charge in [-0.15, -0.1) is 0 Å². The van der Waals surface area contributed by atoms with Crippen molar-refractivity contribution in [1.82, 2.24) is 10.5 Å². The lowest BCUT2D eigenvalue weighted by atomic mass is 9.97. The number of amides is 1. The molecule has 132 valence electrons. The van der Waals surface area contributed by atoms with Crippen LogP contribution in [0.25, 0.3) is 11.0 Å². The van der Waals surface area contributed by atoms with Crippen molar-refractivity contribution in [1.29, 1.82) is 0 Å². The summed E-state index contributed by atoms with van der Waals surface area (Å²) in [5, 5.41) is 7.45. The zero-order valence-corrected chi connectivity index (χ0v) is 14.1. The van der Waals surface area contributed by atoms with E-state index < -0.39 is 5.97 Å². The highest BCUT2D eigenvalue weighted by Gasteiger charge is 2.14. The van der Waals surface area contributed by atoms with Gasteiger partial charge in [-0.25, -0.2) is 0 Å². The van der Waals surface area contributed by atoms with Gasteiger partial charge in [-0.2, -0.15) is 0 Å². The summed E-state index contributed by atoms with van der Waals surface area (Å²) in [5.74, 6) is -0.779. The maximum Gasteiger partial charge on any atom is 0.312 e. The highest BCUT2D eigenvalue weighted by atomic mass is 16.5. The number of nitrogens with zero attached hydrogens (tertiary/aromatic N) is 1. The molecule has 0 fully saturated rings. The molecule has 0 spiro atoms. The number of carbonyl (C=O) groups excluding carboxylic acids is 2. The first-order valence-corrected chi connectivity index (χ1v) is 8.66. The van der Waals surface area contributed by atoms with Crippen LogP contribution in [0.3, 0.4) is 0 Å². The van der Waals surface area contributed by atoms with Gasteiger partial charge in [0.15, 0.2) is 12.2 Å². The SMILES string of the molecule is O=C(COC(=O)Cc1noc2ccccc12)NCCC1=CCCCC1. The maximum atomic E-state index is 11.9. The second-order valence-electron chi connectivity index (χ2n) is 6.17.